The summed E-state index contributed by atoms with van der Waals surface area (Å²) < 4.78 is 0. The Morgan fingerprint density at radius 2 is 1.52 bits per heavy atom. The van der Waals surface area contributed by atoms with E-state index in [0.29, 0.717) is 6.54 Å². The smallest absolute Gasteiger partial charge is 0.235 e. The summed E-state index contributed by atoms with van der Waals surface area (Å²) in [6.45, 7) is 12.8. The van der Waals surface area contributed by atoms with Gasteiger partial charge in [-0.2, -0.15) is 0 Å². The molecule has 5 nitrogen and oxygen atoms in total. The molecule has 2 aliphatic heterocycles. The van der Waals surface area contributed by atoms with Gasteiger partial charge >= 0.3 is 0 Å². The maximum atomic E-state index is 13.1. The van der Waals surface area contributed by atoms with E-state index in [-0.39, 0.29) is 28.6 Å². The molecule has 2 bridgehead atoms. The van der Waals surface area contributed by atoms with Crippen LogP contribution in [-0.2, 0) is 9.59 Å². The van der Waals surface area contributed by atoms with E-state index in [1.54, 1.807) is 4.90 Å². The van der Waals surface area contributed by atoms with Crippen molar-refractivity contribution in [2.45, 2.75) is 84.6 Å². The number of hydrogen-bond donors (Lipinski definition) is 0. The molecule has 2 atom stereocenters. The highest BCUT2D eigenvalue weighted by atomic mass is 16.2. The molecular formula is C24H41N3O2. The Morgan fingerprint density at radius 3 is 2.21 bits per heavy atom. The van der Waals surface area contributed by atoms with E-state index in [9.17, 15) is 9.59 Å². The summed E-state index contributed by atoms with van der Waals surface area (Å²) in [5.41, 5.74) is -0.559. The number of fused-ring (bicyclic) bond motifs is 2. The van der Waals surface area contributed by atoms with Crippen LogP contribution in [0.5, 0.6) is 0 Å². The third kappa shape index (κ3) is 3.78. The van der Waals surface area contributed by atoms with Crippen molar-refractivity contribution < 1.29 is 9.59 Å². The summed E-state index contributed by atoms with van der Waals surface area (Å²) >= 11 is 0. The molecule has 2 unspecified atom stereocenters. The Labute approximate surface area is 177 Å². The highest BCUT2D eigenvalue weighted by molar-refractivity contribution is 6.03. The summed E-state index contributed by atoms with van der Waals surface area (Å²) in [5.74, 6) is 0.205. The third-order valence-corrected chi connectivity index (χ3v) is 9.11. The van der Waals surface area contributed by atoms with Gasteiger partial charge in [-0.05, 0) is 50.5 Å². The SMILES string of the molecule is CC12CCC(C(=O)N(CCCCN3CCN(C4CCCCC4)CC3)C1=O)C2(C)C. The van der Waals surface area contributed by atoms with Gasteiger partial charge in [0.2, 0.25) is 11.8 Å². The van der Waals surface area contributed by atoms with Crippen molar-refractivity contribution in [3.8, 4) is 0 Å². The Hall–Kier alpha value is -0.940. The van der Waals surface area contributed by atoms with Crippen LogP contribution < -0.4 is 0 Å². The van der Waals surface area contributed by atoms with Crippen LogP contribution in [0.2, 0.25) is 0 Å². The number of hydrogen-bond acceptors (Lipinski definition) is 4. The topological polar surface area (TPSA) is 43.9 Å². The van der Waals surface area contributed by atoms with E-state index in [1.165, 1.54) is 58.3 Å². The third-order valence-electron chi connectivity index (χ3n) is 9.11. The highest BCUT2D eigenvalue weighted by Crippen LogP contribution is 2.60. The summed E-state index contributed by atoms with van der Waals surface area (Å²) in [5, 5.41) is 0. The molecule has 4 aliphatic rings. The summed E-state index contributed by atoms with van der Waals surface area (Å²) in [7, 11) is 0. The van der Waals surface area contributed by atoms with Crippen LogP contribution in [0.4, 0.5) is 0 Å². The van der Waals surface area contributed by atoms with Crippen molar-refractivity contribution >= 4 is 11.8 Å². The first-order valence-electron chi connectivity index (χ1n) is 12.2. The Bertz CT molecular complexity index is 620. The molecule has 2 aliphatic carbocycles. The van der Waals surface area contributed by atoms with Crippen LogP contribution >= 0.6 is 0 Å². The Balaban J connectivity index is 1.20. The minimum absolute atomic E-state index is 0.0260. The number of rotatable bonds is 6. The van der Waals surface area contributed by atoms with Gasteiger partial charge in [0, 0.05) is 44.7 Å². The summed E-state index contributed by atoms with van der Waals surface area (Å²) in [6.07, 6.45) is 10.8. The fraction of sp³-hybridized carbons (Fsp3) is 0.917. The lowest BCUT2D eigenvalue weighted by molar-refractivity contribution is -0.167. The van der Waals surface area contributed by atoms with Gasteiger partial charge in [-0.3, -0.25) is 19.4 Å². The van der Waals surface area contributed by atoms with Crippen molar-refractivity contribution in [1.29, 1.82) is 0 Å². The fourth-order valence-electron chi connectivity index (χ4n) is 6.52. The van der Waals surface area contributed by atoms with Crippen molar-refractivity contribution in [3.63, 3.8) is 0 Å². The average Bonchev–Trinajstić information content (AvgIpc) is 2.92. The first-order valence-corrected chi connectivity index (χ1v) is 12.2. The van der Waals surface area contributed by atoms with Gasteiger partial charge < -0.3 is 4.90 Å². The van der Waals surface area contributed by atoms with Gasteiger partial charge in [0.1, 0.15) is 0 Å². The maximum absolute atomic E-state index is 13.1. The van der Waals surface area contributed by atoms with Gasteiger partial charge in [-0.25, -0.2) is 0 Å². The molecule has 0 aromatic carbocycles. The number of imide groups is 1. The zero-order chi connectivity index (χ0) is 20.6. The number of carbonyl (C=O) groups is 2. The zero-order valence-electron chi connectivity index (χ0n) is 18.9. The number of likely N-dealkylation sites (tertiary alicyclic amines) is 1. The number of piperazine rings is 1. The van der Waals surface area contributed by atoms with Crippen LogP contribution in [-0.4, -0.2) is 71.8 Å². The predicted octanol–water partition coefficient (Wildman–Crippen LogP) is 3.53. The molecule has 0 N–H and O–H groups in total. The molecule has 0 aromatic rings. The van der Waals surface area contributed by atoms with E-state index >= 15 is 0 Å². The van der Waals surface area contributed by atoms with E-state index < -0.39 is 0 Å². The van der Waals surface area contributed by atoms with Gasteiger partial charge in [-0.15, -0.1) is 0 Å². The predicted molar refractivity (Wildman–Crippen MR) is 115 cm³/mol. The van der Waals surface area contributed by atoms with Crippen LogP contribution in [0.1, 0.15) is 78.6 Å². The van der Waals surface area contributed by atoms with Crippen LogP contribution in [0, 0.1) is 16.7 Å². The minimum Gasteiger partial charge on any atom is -0.301 e. The van der Waals surface area contributed by atoms with Crippen LogP contribution in [0.15, 0.2) is 0 Å². The van der Waals surface area contributed by atoms with Gasteiger partial charge in [0.15, 0.2) is 0 Å². The molecule has 5 heteroatoms. The Morgan fingerprint density at radius 1 is 0.862 bits per heavy atom. The van der Waals surface area contributed by atoms with E-state index in [2.05, 4.69) is 30.6 Å². The van der Waals surface area contributed by atoms with Gasteiger partial charge in [0.25, 0.3) is 0 Å². The van der Waals surface area contributed by atoms with Crippen molar-refractivity contribution in [2.75, 3.05) is 39.3 Å². The zero-order valence-corrected chi connectivity index (χ0v) is 18.9. The van der Waals surface area contributed by atoms with E-state index in [0.717, 1.165) is 38.3 Å². The van der Waals surface area contributed by atoms with Crippen LogP contribution in [0.3, 0.4) is 0 Å². The van der Waals surface area contributed by atoms with Gasteiger partial charge in [0.05, 0.1) is 5.41 Å². The van der Waals surface area contributed by atoms with Crippen molar-refractivity contribution in [3.05, 3.63) is 0 Å². The van der Waals surface area contributed by atoms with Crippen molar-refractivity contribution in [1.82, 2.24) is 14.7 Å². The number of amides is 2. The lowest BCUT2D eigenvalue weighted by atomic mass is 9.62. The molecule has 4 rings (SSSR count). The fourth-order valence-corrected chi connectivity index (χ4v) is 6.52. The molecule has 0 radical (unpaired) electrons. The van der Waals surface area contributed by atoms with Gasteiger partial charge in [-0.1, -0.05) is 40.0 Å². The number of piperidine rings is 1. The molecule has 4 fully saturated rings. The number of unbranched alkanes of at least 4 members (excludes halogenated alkanes) is 1. The highest BCUT2D eigenvalue weighted by Gasteiger charge is 2.64. The van der Waals surface area contributed by atoms with Crippen molar-refractivity contribution in [2.24, 2.45) is 16.7 Å². The number of carbonyl (C=O) groups excluding carboxylic acids is 2. The lowest BCUT2D eigenvalue weighted by Crippen LogP contribution is -2.59. The largest absolute Gasteiger partial charge is 0.301 e. The second kappa shape index (κ2) is 8.30. The average molecular weight is 404 g/mol. The molecular weight excluding hydrogens is 362 g/mol. The molecule has 2 saturated heterocycles. The maximum Gasteiger partial charge on any atom is 0.235 e. The van der Waals surface area contributed by atoms with E-state index in [4.69, 9.17) is 0 Å². The molecule has 164 valence electrons. The molecule has 0 spiro atoms. The first-order chi connectivity index (χ1) is 13.8. The first kappa shape index (κ1) is 21.3. The molecule has 2 amide bonds. The molecule has 29 heavy (non-hydrogen) atoms. The molecule has 0 aromatic heterocycles. The van der Waals surface area contributed by atoms with Crippen LogP contribution in [0.25, 0.3) is 0 Å². The normalized spacial score (nSPS) is 34.2. The molecule has 2 saturated carbocycles. The molecule has 2 heterocycles. The lowest BCUT2D eigenvalue weighted by Gasteiger charge is -2.47. The number of nitrogens with zero attached hydrogens (tertiary/aromatic N) is 3. The summed E-state index contributed by atoms with van der Waals surface area (Å²) in [6, 6.07) is 0.836. The minimum atomic E-state index is -0.360. The second-order valence-electron chi connectivity index (χ2n) is 10.8. The standard InChI is InChI=1S/C24H41N3O2/c1-23(2)20-11-12-24(23,3)22(29)27(21(20)28)14-8-7-13-25-15-17-26(18-16-25)19-9-5-4-6-10-19/h19-20H,4-18H2,1-3H3. The quantitative estimate of drug-likeness (QED) is 0.503. The Kier molecular flexibility index (Phi) is 6.09. The summed E-state index contributed by atoms with van der Waals surface area (Å²) in [4.78, 5) is 32.9. The van der Waals surface area contributed by atoms with E-state index in [1.807, 2.05) is 0 Å². The second-order valence-corrected chi connectivity index (χ2v) is 10.8. The monoisotopic (exact) mass is 403 g/mol.